The van der Waals surface area contributed by atoms with Crippen molar-refractivity contribution < 1.29 is 14.6 Å². The Labute approximate surface area is 163 Å². The Morgan fingerprint density at radius 3 is 2.79 bits per heavy atom. The molecule has 0 atom stereocenters. The van der Waals surface area contributed by atoms with Crippen molar-refractivity contribution >= 4 is 22.7 Å². The van der Waals surface area contributed by atoms with Gasteiger partial charge in [-0.1, -0.05) is 18.2 Å². The molecule has 0 aliphatic carbocycles. The summed E-state index contributed by atoms with van der Waals surface area (Å²) in [5.74, 6) is -0.371. The SMILES string of the molecule is Cc1ccc(C(=O)O)c(N2CCC3(CC2)OCCc2c3[nH]c3ccccc23)n1. The first-order chi connectivity index (χ1) is 13.6. The second-order valence-corrected chi connectivity index (χ2v) is 7.73. The largest absolute Gasteiger partial charge is 0.478 e. The van der Waals surface area contributed by atoms with Crippen LogP contribution in [0, 0.1) is 6.92 Å². The third-order valence-electron chi connectivity index (χ3n) is 6.12. The highest BCUT2D eigenvalue weighted by atomic mass is 16.5. The number of nitrogens with zero attached hydrogens (tertiary/aromatic N) is 2. The Kier molecular flexibility index (Phi) is 3.91. The average Bonchev–Trinajstić information content (AvgIpc) is 3.09. The zero-order valence-electron chi connectivity index (χ0n) is 15.9. The molecule has 0 bridgehead atoms. The number of aromatic nitrogens is 2. The number of fused-ring (bicyclic) bond motifs is 4. The van der Waals surface area contributed by atoms with Crippen LogP contribution < -0.4 is 4.90 Å². The lowest BCUT2D eigenvalue weighted by atomic mass is 9.83. The highest BCUT2D eigenvalue weighted by molar-refractivity contribution is 5.93. The van der Waals surface area contributed by atoms with Gasteiger partial charge in [0.05, 0.1) is 12.3 Å². The van der Waals surface area contributed by atoms with Crippen LogP contribution in [0.3, 0.4) is 0 Å². The number of carboxylic acid groups (broad SMARTS) is 1. The molecule has 2 aromatic heterocycles. The number of piperidine rings is 1. The summed E-state index contributed by atoms with van der Waals surface area (Å²) in [6.45, 7) is 4.04. The number of hydrogen-bond donors (Lipinski definition) is 2. The molecule has 1 spiro atoms. The number of carbonyl (C=O) groups is 1. The fraction of sp³-hybridized carbons (Fsp3) is 0.364. The number of aromatic carboxylic acids is 1. The minimum absolute atomic E-state index is 0.261. The van der Waals surface area contributed by atoms with Crippen LogP contribution in [0.15, 0.2) is 36.4 Å². The molecule has 0 saturated carbocycles. The molecule has 4 heterocycles. The fourth-order valence-corrected chi connectivity index (χ4v) is 4.69. The molecule has 2 N–H and O–H groups in total. The highest BCUT2D eigenvalue weighted by Crippen LogP contribution is 2.44. The Bertz CT molecular complexity index is 1060. The van der Waals surface area contributed by atoms with Crippen LogP contribution in [-0.4, -0.2) is 40.7 Å². The van der Waals surface area contributed by atoms with E-state index in [1.807, 2.05) is 6.92 Å². The van der Waals surface area contributed by atoms with Crippen molar-refractivity contribution in [2.75, 3.05) is 24.6 Å². The van der Waals surface area contributed by atoms with E-state index in [1.165, 1.54) is 16.6 Å². The van der Waals surface area contributed by atoms with E-state index in [9.17, 15) is 9.90 Å². The average molecular weight is 377 g/mol. The first kappa shape index (κ1) is 17.3. The molecule has 1 aromatic carbocycles. The third-order valence-corrected chi connectivity index (χ3v) is 6.12. The lowest BCUT2D eigenvalue weighted by Crippen LogP contribution is -2.47. The van der Waals surface area contributed by atoms with Crippen LogP contribution in [0.25, 0.3) is 10.9 Å². The molecule has 0 amide bonds. The highest BCUT2D eigenvalue weighted by Gasteiger charge is 2.43. The van der Waals surface area contributed by atoms with Crippen LogP contribution in [-0.2, 0) is 16.8 Å². The van der Waals surface area contributed by atoms with Crippen molar-refractivity contribution in [1.29, 1.82) is 0 Å². The second kappa shape index (κ2) is 6.34. The van der Waals surface area contributed by atoms with E-state index in [4.69, 9.17) is 4.74 Å². The standard InChI is InChI=1S/C22H23N3O3/c1-14-6-7-17(21(26)27)20(23-14)25-11-9-22(10-12-25)19-16(8-13-28-22)15-4-2-3-5-18(15)24-19/h2-7,24H,8-13H2,1H3,(H,26,27). The molecule has 5 rings (SSSR count). The summed E-state index contributed by atoms with van der Waals surface area (Å²) < 4.78 is 6.35. The topological polar surface area (TPSA) is 78.5 Å². The lowest BCUT2D eigenvalue weighted by molar-refractivity contribution is -0.0791. The number of rotatable bonds is 2. The summed E-state index contributed by atoms with van der Waals surface area (Å²) in [6.07, 6.45) is 2.54. The number of H-pyrrole nitrogens is 1. The van der Waals surface area contributed by atoms with Crippen molar-refractivity contribution in [2.24, 2.45) is 0 Å². The van der Waals surface area contributed by atoms with E-state index in [0.29, 0.717) is 18.9 Å². The van der Waals surface area contributed by atoms with Crippen LogP contribution in [0.4, 0.5) is 5.82 Å². The number of para-hydroxylation sites is 1. The number of aryl methyl sites for hydroxylation is 1. The van der Waals surface area contributed by atoms with Gasteiger partial charge >= 0.3 is 5.97 Å². The number of aromatic amines is 1. The maximum Gasteiger partial charge on any atom is 0.339 e. The zero-order chi connectivity index (χ0) is 19.3. The number of ether oxygens (including phenoxy) is 1. The van der Waals surface area contributed by atoms with Gasteiger partial charge in [-0.25, -0.2) is 9.78 Å². The summed E-state index contributed by atoms with van der Waals surface area (Å²) in [5, 5.41) is 10.8. The molecular formula is C22H23N3O3. The summed E-state index contributed by atoms with van der Waals surface area (Å²) in [7, 11) is 0. The van der Waals surface area contributed by atoms with E-state index in [-0.39, 0.29) is 11.2 Å². The number of nitrogens with one attached hydrogen (secondary N) is 1. The molecule has 0 radical (unpaired) electrons. The number of carboxylic acids is 1. The van der Waals surface area contributed by atoms with Gasteiger partial charge < -0.3 is 19.7 Å². The Balaban J connectivity index is 1.48. The van der Waals surface area contributed by atoms with E-state index < -0.39 is 5.97 Å². The molecule has 6 heteroatoms. The number of hydrogen-bond acceptors (Lipinski definition) is 4. The summed E-state index contributed by atoms with van der Waals surface area (Å²) in [4.78, 5) is 21.9. The summed E-state index contributed by atoms with van der Waals surface area (Å²) in [6, 6.07) is 11.8. The predicted molar refractivity (Wildman–Crippen MR) is 107 cm³/mol. The van der Waals surface area contributed by atoms with Crippen molar-refractivity contribution in [3.8, 4) is 0 Å². The molecular weight excluding hydrogens is 354 g/mol. The van der Waals surface area contributed by atoms with Gasteiger partial charge in [-0.15, -0.1) is 0 Å². The van der Waals surface area contributed by atoms with Gasteiger partial charge in [0.25, 0.3) is 0 Å². The van der Waals surface area contributed by atoms with E-state index in [0.717, 1.165) is 37.1 Å². The van der Waals surface area contributed by atoms with Crippen molar-refractivity contribution in [1.82, 2.24) is 9.97 Å². The fourth-order valence-electron chi connectivity index (χ4n) is 4.69. The van der Waals surface area contributed by atoms with Gasteiger partial charge in [0.2, 0.25) is 0 Å². The minimum Gasteiger partial charge on any atom is -0.478 e. The zero-order valence-corrected chi connectivity index (χ0v) is 15.9. The monoisotopic (exact) mass is 377 g/mol. The molecule has 1 saturated heterocycles. The van der Waals surface area contributed by atoms with E-state index >= 15 is 0 Å². The van der Waals surface area contributed by atoms with Crippen LogP contribution in [0.2, 0.25) is 0 Å². The van der Waals surface area contributed by atoms with Crippen molar-refractivity contribution in [3.05, 3.63) is 58.9 Å². The van der Waals surface area contributed by atoms with Gasteiger partial charge in [0.1, 0.15) is 17.0 Å². The normalized spacial score (nSPS) is 18.4. The number of anilines is 1. The van der Waals surface area contributed by atoms with Gasteiger partial charge in [-0.3, -0.25) is 0 Å². The molecule has 2 aliphatic rings. The molecule has 144 valence electrons. The van der Waals surface area contributed by atoms with Gasteiger partial charge in [-0.05, 0) is 49.9 Å². The first-order valence-corrected chi connectivity index (χ1v) is 9.77. The van der Waals surface area contributed by atoms with E-state index in [2.05, 4.69) is 39.1 Å². The molecule has 2 aliphatic heterocycles. The Morgan fingerprint density at radius 2 is 2.00 bits per heavy atom. The molecule has 0 unspecified atom stereocenters. The molecule has 28 heavy (non-hydrogen) atoms. The molecule has 6 nitrogen and oxygen atoms in total. The quantitative estimate of drug-likeness (QED) is 0.713. The lowest BCUT2D eigenvalue weighted by Gasteiger charge is -2.44. The van der Waals surface area contributed by atoms with Crippen molar-refractivity contribution in [2.45, 2.75) is 31.8 Å². The van der Waals surface area contributed by atoms with E-state index in [1.54, 1.807) is 12.1 Å². The molecule has 1 fully saturated rings. The Morgan fingerprint density at radius 1 is 1.21 bits per heavy atom. The van der Waals surface area contributed by atoms with Crippen molar-refractivity contribution in [3.63, 3.8) is 0 Å². The smallest absolute Gasteiger partial charge is 0.339 e. The van der Waals surface area contributed by atoms with Crippen LogP contribution >= 0.6 is 0 Å². The third kappa shape index (κ3) is 2.59. The summed E-state index contributed by atoms with van der Waals surface area (Å²) in [5.41, 5.74) is 4.50. The summed E-state index contributed by atoms with van der Waals surface area (Å²) >= 11 is 0. The maximum absolute atomic E-state index is 11.6. The second-order valence-electron chi connectivity index (χ2n) is 7.73. The van der Waals surface area contributed by atoms with Gasteiger partial charge in [0.15, 0.2) is 0 Å². The number of benzene rings is 1. The van der Waals surface area contributed by atoms with Gasteiger partial charge in [-0.2, -0.15) is 0 Å². The molecule has 3 aromatic rings. The predicted octanol–water partition coefficient (Wildman–Crippen LogP) is 3.64. The maximum atomic E-state index is 11.6. The van der Waals surface area contributed by atoms with Crippen LogP contribution in [0.1, 0.15) is 40.2 Å². The van der Waals surface area contributed by atoms with Gasteiger partial charge in [0, 0.05) is 29.7 Å². The minimum atomic E-state index is -0.936. The Hall–Kier alpha value is -2.86. The van der Waals surface area contributed by atoms with Crippen LogP contribution in [0.5, 0.6) is 0 Å². The first-order valence-electron chi connectivity index (χ1n) is 9.77. The number of pyridine rings is 1.